The average molecular weight is 994 g/mol. The van der Waals surface area contributed by atoms with Crippen molar-refractivity contribution in [2.75, 3.05) is 52.4 Å². The minimum atomic E-state index is -1.78. The number of aryl methyl sites for hydroxylation is 2. The van der Waals surface area contributed by atoms with Gasteiger partial charge in [-0.05, 0) is 101 Å². The van der Waals surface area contributed by atoms with Crippen LogP contribution in [0.25, 0.3) is 0 Å². The predicted molar refractivity (Wildman–Crippen MR) is 295 cm³/mol. The number of benzene rings is 2. The fourth-order valence-corrected chi connectivity index (χ4v) is 15.7. The Bertz CT molecular complexity index is 1540. The Hall–Kier alpha value is -1.76. The maximum absolute atomic E-state index is 11.4. The van der Waals surface area contributed by atoms with E-state index in [9.17, 15) is 10.2 Å². The number of hydrogen-bond acceptors (Lipinski definition) is 4. The second kappa shape index (κ2) is 31.5. The first-order valence-electron chi connectivity index (χ1n) is 27.0. The molecule has 2 aromatic carbocycles. The van der Waals surface area contributed by atoms with Gasteiger partial charge >= 0.3 is 0 Å². The molecule has 381 valence electrons. The van der Waals surface area contributed by atoms with Crippen molar-refractivity contribution in [3.8, 4) is 11.5 Å². The molecule has 0 bridgehead atoms. The fourth-order valence-electron chi connectivity index (χ4n) is 10.7. The molecule has 1 saturated carbocycles. The summed E-state index contributed by atoms with van der Waals surface area (Å²) in [4.78, 5) is 10.4. The molecule has 2 atom stereocenters. The van der Waals surface area contributed by atoms with Gasteiger partial charge in [0, 0.05) is 40.3 Å². The van der Waals surface area contributed by atoms with Crippen LogP contribution in [0.2, 0.25) is 38.3 Å². The quantitative estimate of drug-likeness (QED) is 0.0332. The van der Waals surface area contributed by atoms with Gasteiger partial charge in [-0.2, -0.15) is 0 Å². The molecule has 1 aliphatic carbocycles. The molecule has 2 N–H and O–H groups in total. The summed E-state index contributed by atoms with van der Waals surface area (Å²) < 4.78 is 2.61. The van der Waals surface area contributed by atoms with E-state index < -0.39 is 16.1 Å². The second-order valence-corrected chi connectivity index (χ2v) is 31.7. The summed E-state index contributed by atoms with van der Waals surface area (Å²) in [6.07, 6.45) is 26.4. The van der Waals surface area contributed by atoms with Crippen molar-refractivity contribution >= 4 is 39.0 Å². The van der Waals surface area contributed by atoms with E-state index in [1.165, 1.54) is 174 Å². The van der Waals surface area contributed by atoms with Gasteiger partial charge < -0.3 is 26.6 Å². The number of aliphatic imine (C=N–C) groups is 2. The van der Waals surface area contributed by atoms with Crippen molar-refractivity contribution in [3.05, 3.63) is 53.9 Å². The third-order valence-corrected chi connectivity index (χ3v) is 22.4. The van der Waals surface area contributed by atoms with Gasteiger partial charge in [-0.25, -0.2) is 0 Å². The van der Waals surface area contributed by atoms with Crippen molar-refractivity contribution in [1.29, 1.82) is 0 Å². The fraction of sp³-hybridized carbons (Fsp3) is 0.737. The number of phenolic OH excluding ortho intramolecular Hbond substituents is 2. The van der Waals surface area contributed by atoms with Crippen LogP contribution >= 0.6 is 0 Å². The van der Waals surface area contributed by atoms with Crippen molar-refractivity contribution in [2.24, 2.45) is 9.98 Å². The van der Waals surface area contributed by atoms with E-state index in [2.05, 4.69) is 106 Å². The molecular formula is C57H105CoN4O2Si2+. The van der Waals surface area contributed by atoms with E-state index >= 15 is 0 Å². The van der Waals surface area contributed by atoms with Crippen LogP contribution < -0.4 is 10.4 Å². The summed E-state index contributed by atoms with van der Waals surface area (Å²) in [6.45, 7) is 38.9. The van der Waals surface area contributed by atoms with Crippen molar-refractivity contribution in [3.63, 3.8) is 0 Å². The molecule has 0 aromatic heterocycles. The number of hydrogen-bond donors (Lipinski definition) is 2. The maximum atomic E-state index is 11.4. The molecule has 0 heterocycles. The SMILES string of the molecule is CCCC[N+](CCCC)(CCCC)CCC[Si](C)(C)c1cc(C)c(O)c(C=N[C@H]2CCCC[C@@H]2N=Cc2cc([Si](C)(C)CCC[N+](CCCC)(CCCC)CCCC)cc(C)c2O)c1.[CH3-].[Co]. The topological polar surface area (TPSA) is 65.2 Å². The van der Waals surface area contributed by atoms with Crippen molar-refractivity contribution in [2.45, 2.75) is 221 Å². The molecular weight excluding hydrogens is 888 g/mol. The number of quaternary nitrogens is 2. The van der Waals surface area contributed by atoms with Gasteiger partial charge in [0.2, 0.25) is 0 Å². The second-order valence-electron chi connectivity index (χ2n) is 22.0. The first kappa shape index (κ1) is 62.3. The minimum Gasteiger partial charge on any atom is -0.507 e. The molecule has 2 aromatic rings. The minimum absolute atomic E-state index is 0. The number of aromatic hydroxyl groups is 2. The van der Waals surface area contributed by atoms with Crippen LogP contribution in [0, 0.1) is 21.3 Å². The van der Waals surface area contributed by atoms with Gasteiger partial charge in [0.15, 0.2) is 0 Å². The van der Waals surface area contributed by atoms with Gasteiger partial charge in [0.1, 0.15) is 11.5 Å². The van der Waals surface area contributed by atoms with E-state index in [0.717, 1.165) is 47.9 Å². The Morgan fingerprint density at radius 1 is 0.500 bits per heavy atom. The Balaban J connectivity index is 0.0000109. The molecule has 6 nitrogen and oxygen atoms in total. The van der Waals surface area contributed by atoms with E-state index in [-0.39, 0.29) is 36.3 Å². The Morgan fingerprint density at radius 3 is 1.05 bits per heavy atom. The van der Waals surface area contributed by atoms with Crippen LogP contribution in [0.4, 0.5) is 0 Å². The summed E-state index contributed by atoms with van der Waals surface area (Å²) in [5.41, 5.74) is 3.62. The summed E-state index contributed by atoms with van der Waals surface area (Å²) in [5.74, 6) is 0.720. The molecule has 1 fully saturated rings. The molecule has 0 amide bonds. The molecule has 1 radical (unpaired) electrons. The number of rotatable bonds is 32. The van der Waals surface area contributed by atoms with Gasteiger partial charge in [-0.15, -0.1) is 0 Å². The van der Waals surface area contributed by atoms with Crippen molar-refractivity contribution < 1.29 is 36.0 Å². The largest absolute Gasteiger partial charge is 0.507 e. The summed E-state index contributed by atoms with van der Waals surface area (Å²) >= 11 is 0. The normalized spacial score (nSPS) is 16.2. The van der Waals surface area contributed by atoms with Gasteiger partial charge in [-0.3, -0.25) is 9.98 Å². The summed E-state index contributed by atoms with van der Waals surface area (Å²) in [7, 11) is -3.56. The van der Waals surface area contributed by atoms with E-state index in [1.807, 2.05) is 12.4 Å². The average Bonchev–Trinajstić information content (AvgIpc) is 3.27. The zero-order valence-corrected chi connectivity index (χ0v) is 48.5. The molecule has 3 rings (SSSR count). The number of phenols is 2. The Morgan fingerprint density at radius 2 is 0.773 bits per heavy atom. The summed E-state index contributed by atoms with van der Waals surface area (Å²) in [5, 5.41) is 25.6. The van der Waals surface area contributed by atoms with E-state index in [1.54, 1.807) is 0 Å². The van der Waals surface area contributed by atoms with Gasteiger partial charge in [-0.1, -0.05) is 154 Å². The standard InChI is InChI=1S/C56H100N4O2Si2.CH3.Co/c1-13-19-31-59(32-20-14-2,33-21-15-3)37-27-39-63(9,10)51-41-47(7)55(61)49(43-51)45-57-53-29-25-26-30-54(53)58-46-50-44-52(42-48(8)56(50)62)64(11,12)40-28-38-60(34-22-16-4,35-23-17-5)36-24-18-6;;/h41-46,53-54H,13-40H2,1-12H3;1H3;/q;-1;/p+2/t53-,54-;;/m0../s1. The molecule has 66 heavy (non-hydrogen) atoms. The van der Waals surface area contributed by atoms with Gasteiger partial charge in [0.05, 0.1) is 80.6 Å². The zero-order valence-electron chi connectivity index (χ0n) is 45.4. The number of unbranched alkanes of at least 4 members (excludes halogenated alkanes) is 6. The Labute approximate surface area is 421 Å². The van der Waals surface area contributed by atoms with Crippen LogP contribution in [-0.4, -0.2) is 112 Å². The maximum Gasteiger partial charge on any atom is 0.127 e. The van der Waals surface area contributed by atoms with Crippen molar-refractivity contribution in [1.82, 2.24) is 0 Å². The van der Waals surface area contributed by atoms with Crippen LogP contribution in [0.15, 0.2) is 34.3 Å². The molecule has 1 aliphatic rings. The van der Waals surface area contributed by atoms with Crippen LogP contribution in [-0.2, 0) is 16.8 Å². The van der Waals surface area contributed by atoms with Crippen LogP contribution in [0.1, 0.15) is 179 Å². The Kier molecular flexibility index (Phi) is 29.7. The predicted octanol–water partition coefficient (Wildman–Crippen LogP) is 14.1. The van der Waals surface area contributed by atoms with E-state index in [4.69, 9.17) is 9.98 Å². The first-order chi connectivity index (χ1) is 30.5. The van der Waals surface area contributed by atoms with E-state index in [0.29, 0.717) is 11.5 Å². The zero-order chi connectivity index (χ0) is 47.2. The molecule has 0 unspecified atom stereocenters. The molecule has 0 saturated heterocycles. The molecule has 9 heteroatoms. The van der Waals surface area contributed by atoms with Gasteiger partial charge in [0.25, 0.3) is 0 Å². The third-order valence-electron chi connectivity index (χ3n) is 15.5. The van der Waals surface area contributed by atoms with Crippen LogP contribution in [0.3, 0.4) is 0 Å². The number of nitrogens with zero attached hydrogens (tertiary/aromatic N) is 4. The third kappa shape index (κ3) is 19.6. The summed E-state index contributed by atoms with van der Waals surface area (Å²) in [6, 6.07) is 11.7. The molecule has 0 spiro atoms. The smallest absolute Gasteiger partial charge is 0.127 e. The van der Waals surface area contributed by atoms with Crippen LogP contribution in [0.5, 0.6) is 11.5 Å². The first-order valence-corrected chi connectivity index (χ1v) is 33.4. The monoisotopic (exact) mass is 993 g/mol. The molecule has 0 aliphatic heterocycles.